The van der Waals surface area contributed by atoms with Gasteiger partial charge in [-0.2, -0.15) is 5.10 Å². The summed E-state index contributed by atoms with van der Waals surface area (Å²) < 4.78 is 8.01. The first-order chi connectivity index (χ1) is 18.1. The monoisotopic (exact) mass is 510 g/mol. The van der Waals surface area contributed by atoms with Gasteiger partial charge in [0.15, 0.2) is 5.65 Å². The Morgan fingerprint density at radius 2 is 1.57 bits per heavy atom. The van der Waals surface area contributed by atoms with Crippen molar-refractivity contribution in [1.82, 2.24) is 24.6 Å². The van der Waals surface area contributed by atoms with Crippen LogP contribution in [0.1, 0.15) is 24.4 Å². The molecule has 186 valence electrons. The van der Waals surface area contributed by atoms with E-state index in [-0.39, 0.29) is 6.04 Å². The van der Waals surface area contributed by atoms with Gasteiger partial charge in [-0.25, -0.2) is 14.6 Å². The van der Waals surface area contributed by atoms with Gasteiger partial charge in [-0.1, -0.05) is 41.9 Å². The van der Waals surface area contributed by atoms with Gasteiger partial charge >= 0.3 is 0 Å². The summed E-state index contributed by atoms with van der Waals surface area (Å²) in [4.78, 5) is 11.3. The fourth-order valence-electron chi connectivity index (χ4n) is 4.93. The molecule has 3 heterocycles. The zero-order valence-electron chi connectivity index (χ0n) is 20.3. The molecule has 1 saturated heterocycles. The lowest BCUT2D eigenvalue weighted by atomic mass is 10.0. The zero-order valence-corrected chi connectivity index (χ0v) is 21.1. The Kier molecular flexibility index (Phi) is 6.47. The highest BCUT2D eigenvalue weighted by atomic mass is 35.5. The first-order valence-electron chi connectivity index (χ1n) is 12.4. The average Bonchev–Trinajstić information content (AvgIpc) is 3.32. The Balaban J connectivity index is 1.23. The van der Waals surface area contributed by atoms with Crippen LogP contribution in [0.5, 0.6) is 11.5 Å². The molecule has 0 spiro atoms. The number of nitrogen functional groups attached to an aromatic ring is 1. The maximum Gasteiger partial charge on any atom is 0.164 e. The molecule has 0 saturated carbocycles. The van der Waals surface area contributed by atoms with Crippen molar-refractivity contribution in [1.29, 1.82) is 0 Å². The second-order valence-electron chi connectivity index (χ2n) is 9.32. The van der Waals surface area contributed by atoms with E-state index in [1.54, 1.807) is 0 Å². The Hall–Kier alpha value is -3.94. The minimum atomic E-state index is 0.243. The Labute approximate surface area is 220 Å². The summed E-state index contributed by atoms with van der Waals surface area (Å²) in [5, 5.41) is 6.60. The van der Waals surface area contributed by atoms with Crippen LogP contribution in [0.2, 0.25) is 5.02 Å². The number of benzene rings is 3. The summed E-state index contributed by atoms with van der Waals surface area (Å²) in [6.07, 6.45) is 3.49. The lowest BCUT2D eigenvalue weighted by Crippen LogP contribution is -2.34. The van der Waals surface area contributed by atoms with Crippen LogP contribution in [0.4, 0.5) is 5.82 Å². The number of piperidine rings is 1. The van der Waals surface area contributed by atoms with Crippen molar-refractivity contribution >= 4 is 28.5 Å². The first kappa shape index (κ1) is 23.5. The van der Waals surface area contributed by atoms with Gasteiger partial charge in [0.1, 0.15) is 29.3 Å². The number of fused-ring (bicyclic) bond motifs is 1. The molecule has 0 unspecified atom stereocenters. The SMILES string of the molecule is Nc1ncnc2c1c(-c1ccc(Oc3ccccc3)cc1)nn2C1CCN(Cc2ccc(Cl)cc2)CC1. The molecule has 8 heteroatoms. The molecule has 0 radical (unpaired) electrons. The van der Waals surface area contributed by atoms with Gasteiger partial charge in [-0.3, -0.25) is 4.90 Å². The van der Waals surface area contributed by atoms with Crippen LogP contribution in [0, 0.1) is 0 Å². The molecule has 2 aromatic heterocycles. The molecular weight excluding hydrogens is 484 g/mol. The Morgan fingerprint density at radius 3 is 2.30 bits per heavy atom. The predicted molar refractivity (Wildman–Crippen MR) is 147 cm³/mol. The minimum absolute atomic E-state index is 0.243. The van der Waals surface area contributed by atoms with Crippen molar-refractivity contribution < 1.29 is 4.74 Å². The van der Waals surface area contributed by atoms with E-state index in [0.717, 1.165) is 71.3 Å². The second kappa shape index (κ2) is 10.2. The van der Waals surface area contributed by atoms with Crippen molar-refractivity contribution in [3.05, 3.63) is 95.8 Å². The number of anilines is 1. The third-order valence-electron chi connectivity index (χ3n) is 6.85. The first-order valence-corrected chi connectivity index (χ1v) is 12.8. The standard InChI is InChI=1S/C29H27ClN6O/c30-22-10-6-20(7-11-22)18-35-16-14-23(15-17-35)36-29-26(28(31)32-19-33-29)27(34-36)21-8-12-25(13-9-21)37-24-4-2-1-3-5-24/h1-13,19,23H,14-18H2,(H2,31,32,33). The number of hydrogen-bond acceptors (Lipinski definition) is 6. The molecule has 1 fully saturated rings. The van der Waals surface area contributed by atoms with E-state index < -0.39 is 0 Å². The maximum atomic E-state index is 6.34. The van der Waals surface area contributed by atoms with Gasteiger partial charge in [0.25, 0.3) is 0 Å². The van der Waals surface area contributed by atoms with Gasteiger partial charge in [-0.05, 0) is 66.9 Å². The molecule has 6 rings (SSSR count). The lowest BCUT2D eigenvalue weighted by molar-refractivity contribution is 0.175. The van der Waals surface area contributed by atoms with Gasteiger partial charge in [0.2, 0.25) is 0 Å². The third kappa shape index (κ3) is 5.01. The molecule has 1 aliphatic rings. The normalized spacial score (nSPS) is 14.7. The van der Waals surface area contributed by atoms with Crippen molar-refractivity contribution in [2.45, 2.75) is 25.4 Å². The van der Waals surface area contributed by atoms with Crippen LogP contribution >= 0.6 is 11.6 Å². The molecule has 0 amide bonds. The molecule has 0 bridgehead atoms. The number of rotatable bonds is 6. The van der Waals surface area contributed by atoms with Crippen LogP contribution in [0.3, 0.4) is 0 Å². The van der Waals surface area contributed by atoms with E-state index in [1.165, 1.54) is 11.9 Å². The van der Waals surface area contributed by atoms with Gasteiger partial charge in [-0.15, -0.1) is 0 Å². The summed E-state index contributed by atoms with van der Waals surface area (Å²) >= 11 is 6.04. The number of ether oxygens (including phenoxy) is 1. The highest BCUT2D eigenvalue weighted by Gasteiger charge is 2.26. The third-order valence-corrected chi connectivity index (χ3v) is 7.10. The largest absolute Gasteiger partial charge is 0.457 e. The molecule has 1 aliphatic heterocycles. The number of aromatic nitrogens is 4. The fourth-order valence-corrected chi connectivity index (χ4v) is 5.05. The highest BCUT2D eigenvalue weighted by molar-refractivity contribution is 6.30. The number of nitrogens with zero attached hydrogens (tertiary/aromatic N) is 5. The highest BCUT2D eigenvalue weighted by Crippen LogP contribution is 2.35. The second-order valence-corrected chi connectivity index (χ2v) is 9.76. The number of para-hydroxylation sites is 1. The minimum Gasteiger partial charge on any atom is -0.457 e. The molecule has 0 aliphatic carbocycles. The molecule has 0 atom stereocenters. The van der Waals surface area contributed by atoms with Crippen LogP contribution in [-0.4, -0.2) is 37.7 Å². The fraction of sp³-hybridized carbons (Fsp3) is 0.207. The quantitative estimate of drug-likeness (QED) is 0.286. The van der Waals surface area contributed by atoms with Crippen molar-refractivity contribution in [3.8, 4) is 22.8 Å². The summed E-state index contributed by atoms with van der Waals surface area (Å²) in [5.41, 5.74) is 10.1. The summed E-state index contributed by atoms with van der Waals surface area (Å²) in [7, 11) is 0. The predicted octanol–water partition coefficient (Wildman–Crippen LogP) is 6.36. The van der Waals surface area contributed by atoms with Crippen molar-refractivity contribution in [2.24, 2.45) is 0 Å². The topological polar surface area (TPSA) is 82.1 Å². The molecule has 3 aromatic carbocycles. The van der Waals surface area contributed by atoms with Gasteiger partial charge in [0, 0.05) is 30.2 Å². The Bertz CT molecular complexity index is 1490. The summed E-state index contributed by atoms with van der Waals surface area (Å²) in [5.74, 6) is 2.00. The van der Waals surface area contributed by atoms with E-state index in [1.807, 2.05) is 66.7 Å². The number of nitrogens with two attached hydrogens (primary N) is 1. The summed E-state index contributed by atoms with van der Waals surface area (Å²) in [6.45, 7) is 2.88. The van der Waals surface area contributed by atoms with Crippen LogP contribution in [0.25, 0.3) is 22.3 Å². The molecule has 7 nitrogen and oxygen atoms in total. The van der Waals surface area contributed by atoms with Crippen LogP contribution in [0.15, 0.2) is 85.2 Å². The number of likely N-dealkylation sites (tertiary alicyclic amines) is 1. The van der Waals surface area contributed by atoms with E-state index in [2.05, 4.69) is 31.7 Å². The average molecular weight is 511 g/mol. The number of hydrogen-bond donors (Lipinski definition) is 1. The lowest BCUT2D eigenvalue weighted by Gasteiger charge is -2.32. The zero-order chi connectivity index (χ0) is 25.2. The van der Waals surface area contributed by atoms with Gasteiger partial charge in [0.05, 0.1) is 11.4 Å². The maximum absolute atomic E-state index is 6.34. The van der Waals surface area contributed by atoms with E-state index in [4.69, 9.17) is 27.2 Å². The van der Waals surface area contributed by atoms with E-state index in [0.29, 0.717) is 5.82 Å². The van der Waals surface area contributed by atoms with Crippen LogP contribution in [-0.2, 0) is 6.54 Å². The van der Waals surface area contributed by atoms with Crippen molar-refractivity contribution in [2.75, 3.05) is 18.8 Å². The van der Waals surface area contributed by atoms with Gasteiger partial charge < -0.3 is 10.5 Å². The molecule has 37 heavy (non-hydrogen) atoms. The number of halogens is 1. The van der Waals surface area contributed by atoms with Crippen molar-refractivity contribution in [3.63, 3.8) is 0 Å². The smallest absolute Gasteiger partial charge is 0.164 e. The summed E-state index contributed by atoms with van der Waals surface area (Å²) in [6, 6.07) is 26.0. The van der Waals surface area contributed by atoms with E-state index >= 15 is 0 Å². The molecule has 2 N–H and O–H groups in total. The molecule has 5 aromatic rings. The van der Waals surface area contributed by atoms with Crippen LogP contribution < -0.4 is 10.5 Å². The Morgan fingerprint density at radius 1 is 0.865 bits per heavy atom. The molecular formula is C29H27ClN6O. The van der Waals surface area contributed by atoms with E-state index in [9.17, 15) is 0 Å².